The molecule has 1 aromatic carbocycles. The fraction of sp³-hybridized carbons (Fsp3) is 0.632. The van der Waals surface area contributed by atoms with Gasteiger partial charge in [-0.1, -0.05) is 19.9 Å². The molecule has 0 saturated carbocycles. The lowest BCUT2D eigenvalue weighted by atomic mass is 10.0. The molecular formula is C19H32ClN3O4S. The van der Waals surface area contributed by atoms with Crippen LogP contribution in [-0.4, -0.2) is 69.5 Å². The summed E-state index contributed by atoms with van der Waals surface area (Å²) in [5.74, 6) is 0.141. The fourth-order valence-corrected chi connectivity index (χ4v) is 4.59. The van der Waals surface area contributed by atoms with Crippen molar-refractivity contribution in [2.45, 2.75) is 38.1 Å². The van der Waals surface area contributed by atoms with Gasteiger partial charge in [0.15, 0.2) is 0 Å². The highest BCUT2D eigenvalue weighted by atomic mass is 35.5. The number of ether oxygens (including phenoxy) is 1. The number of benzene rings is 1. The zero-order valence-electron chi connectivity index (χ0n) is 17.1. The lowest BCUT2D eigenvalue weighted by Gasteiger charge is -2.27. The van der Waals surface area contributed by atoms with Crippen molar-refractivity contribution >= 4 is 28.3 Å². The topological polar surface area (TPSA) is 92.9 Å². The molecule has 0 radical (unpaired) electrons. The summed E-state index contributed by atoms with van der Waals surface area (Å²) in [5, 5.41) is 0. The number of sulfonamides is 1. The van der Waals surface area contributed by atoms with Crippen molar-refractivity contribution in [3.63, 3.8) is 0 Å². The van der Waals surface area contributed by atoms with Gasteiger partial charge in [-0.2, -0.15) is 4.31 Å². The lowest BCUT2D eigenvalue weighted by molar-refractivity contribution is 0.0730. The monoisotopic (exact) mass is 433 g/mol. The maximum Gasteiger partial charge on any atom is 0.253 e. The Morgan fingerprint density at radius 2 is 1.89 bits per heavy atom. The summed E-state index contributed by atoms with van der Waals surface area (Å²) >= 11 is 0. The summed E-state index contributed by atoms with van der Waals surface area (Å²) in [6.45, 7) is 7.79. The van der Waals surface area contributed by atoms with E-state index in [0.29, 0.717) is 56.3 Å². The molecule has 1 fully saturated rings. The fourth-order valence-electron chi connectivity index (χ4n) is 2.94. The highest BCUT2D eigenvalue weighted by Crippen LogP contribution is 2.23. The van der Waals surface area contributed by atoms with Crippen LogP contribution in [0.3, 0.4) is 0 Å². The second-order valence-corrected chi connectivity index (χ2v) is 9.33. The normalized spacial score (nSPS) is 16.5. The second-order valence-electron chi connectivity index (χ2n) is 7.42. The van der Waals surface area contributed by atoms with E-state index in [4.69, 9.17) is 10.5 Å². The standard InChI is InChI=1S/C19H31N3O4S.ClH/c1-14(2)17(20)7-8-21(4)19(23)16-6-5-15(3)18(13-16)27(24,25)22-9-11-26-12-10-22;/h5-6,13-14,17H,7-12,20H2,1-4H3;1H. The van der Waals surface area contributed by atoms with Gasteiger partial charge >= 0.3 is 0 Å². The van der Waals surface area contributed by atoms with E-state index in [2.05, 4.69) is 13.8 Å². The predicted octanol–water partition coefficient (Wildman–Crippen LogP) is 1.88. The molecule has 1 saturated heterocycles. The third-order valence-electron chi connectivity index (χ3n) is 5.02. The first-order valence-corrected chi connectivity index (χ1v) is 10.8. The lowest BCUT2D eigenvalue weighted by Crippen LogP contribution is -2.41. The average Bonchev–Trinajstić information content (AvgIpc) is 2.66. The van der Waals surface area contributed by atoms with E-state index in [1.54, 1.807) is 31.0 Å². The summed E-state index contributed by atoms with van der Waals surface area (Å²) in [7, 11) is -1.94. The van der Waals surface area contributed by atoms with Gasteiger partial charge < -0.3 is 15.4 Å². The Bertz CT molecular complexity index is 764. The highest BCUT2D eigenvalue weighted by Gasteiger charge is 2.28. The second kappa shape index (κ2) is 10.5. The van der Waals surface area contributed by atoms with E-state index in [9.17, 15) is 13.2 Å². The van der Waals surface area contributed by atoms with E-state index in [1.807, 2.05) is 0 Å². The van der Waals surface area contributed by atoms with Crippen LogP contribution < -0.4 is 5.73 Å². The minimum atomic E-state index is -3.65. The van der Waals surface area contributed by atoms with E-state index in [-0.39, 0.29) is 29.3 Å². The van der Waals surface area contributed by atoms with Crippen molar-refractivity contribution in [2.24, 2.45) is 11.7 Å². The molecule has 1 atom stereocenters. The molecule has 0 spiro atoms. The molecule has 0 aliphatic carbocycles. The molecule has 28 heavy (non-hydrogen) atoms. The van der Waals surface area contributed by atoms with Gasteiger partial charge in [-0.05, 0) is 37.0 Å². The minimum Gasteiger partial charge on any atom is -0.379 e. The Labute approximate surface area is 174 Å². The summed E-state index contributed by atoms with van der Waals surface area (Å²) in [6.07, 6.45) is 0.699. The Balaban J connectivity index is 0.00000392. The average molecular weight is 434 g/mol. The van der Waals surface area contributed by atoms with E-state index in [1.165, 1.54) is 10.4 Å². The summed E-state index contributed by atoms with van der Waals surface area (Å²) < 4.78 is 32.6. The highest BCUT2D eigenvalue weighted by molar-refractivity contribution is 7.89. The first kappa shape index (κ1) is 24.8. The number of hydrogen-bond donors (Lipinski definition) is 1. The number of halogens is 1. The van der Waals surface area contributed by atoms with E-state index < -0.39 is 10.0 Å². The first-order valence-electron chi connectivity index (χ1n) is 9.34. The molecule has 7 nitrogen and oxygen atoms in total. The van der Waals surface area contributed by atoms with Crippen molar-refractivity contribution in [1.29, 1.82) is 0 Å². The maximum atomic E-state index is 13.0. The molecule has 0 aromatic heterocycles. The van der Waals surface area contributed by atoms with Gasteiger partial charge in [0.1, 0.15) is 0 Å². The molecule has 0 bridgehead atoms. The third-order valence-corrected chi connectivity index (χ3v) is 7.06. The summed E-state index contributed by atoms with van der Waals surface area (Å²) in [6, 6.07) is 4.88. The number of nitrogens with zero attached hydrogens (tertiary/aromatic N) is 2. The molecule has 9 heteroatoms. The molecule has 160 valence electrons. The Kier molecular flexibility index (Phi) is 9.36. The van der Waals surface area contributed by atoms with Gasteiger partial charge in [0.05, 0.1) is 18.1 Å². The van der Waals surface area contributed by atoms with E-state index >= 15 is 0 Å². The number of rotatable bonds is 7. The van der Waals surface area contributed by atoms with Crippen molar-refractivity contribution in [1.82, 2.24) is 9.21 Å². The van der Waals surface area contributed by atoms with Gasteiger partial charge in [0, 0.05) is 38.3 Å². The largest absolute Gasteiger partial charge is 0.379 e. The van der Waals surface area contributed by atoms with Gasteiger partial charge in [-0.25, -0.2) is 8.42 Å². The quantitative estimate of drug-likeness (QED) is 0.708. The molecule has 1 amide bonds. The molecule has 1 unspecified atom stereocenters. The number of morpholine rings is 1. The van der Waals surface area contributed by atoms with Gasteiger partial charge in [-0.15, -0.1) is 12.4 Å². The predicted molar refractivity (Wildman–Crippen MR) is 112 cm³/mol. The van der Waals surface area contributed by atoms with Crippen LogP contribution in [0.15, 0.2) is 23.1 Å². The molecule has 2 N–H and O–H groups in total. The smallest absolute Gasteiger partial charge is 0.253 e. The Morgan fingerprint density at radius 1 is 1.29 bits per heavy atom. The van der Waals surface area contributed by atoms with Crippen molar-refractivity contribution in [3.8, 4) is 0 Å². The summed E-state index contributed by atoms with van der Waals surface area (Å²) in [5.41, 5.74) is 7.05. The van der Waals surface area contributed by atoms with Crippen molar-refractivity contribution < 1.29 is 17.9 Å². The number of aryl methyl sites for hydroxylation is 1. The van der Waals surface area contributed by atoms with Crippen molar-refractivity contribution in [3.05, 3.63) is 29.3 Å². The SMILES string of the molecule is Cc1ccc(C(=O)N(C)CCC(N)C(C)C)cc1S(=O)(=O)N1CCOCC1.Cl. The van der Waals surface area contributed by atoms with Crippen LogP contribution in [0.1, 0.15) is 36.2 Å². The zero-order valence-corrected chi connectivity index (χ0v) is 18.7. The van der Waals surface area contributed by atoms with Crippen LogP contribution in [0.2, 0.25) is 0 Å². The van der Waals surface area contributed by atoms with Crippen molar-refractivity contribution in [2.75, 3.05) is 39.9 Å². The van der Waals surface area contributed by atoms with Crippen LogP contribution in [0.25, 0.3) is 0 Å². The molecule has 1 heterocycles. The molecule has 2 rings (SSSR count). The number of nitrogens with two attached hydrogens (primary N) is 1. The van der Waals surface area contributed by atoms with Crippen LogP contribution >= 0.6 is 12.4 Å². The number of amides is 1. The summed E-state index contributed by atoms with van der Waals surface area (Å²) in [4.78, 5) is 14.5. The first-order chi connectivity index (χ1) is 12.6. The minimum absolute atomic E-state index is 0. The molecule has 1 aromatic rings. The van der Waals surface area contributed by atoms with Crippen LogP contribution in [-0.2, 0) is 14.8 Å². The Morgan fingerprint density at radius 3 is 2.46 bits per heavy atom. The zero-order chi connectivity index (χ0) is 20.2. The number of hydrogen-bond acceptors (Lipinski definition) is 5. The molecular weight excluding hydrogens is 402 g/mol. The number of carbonyl (C=O) groups is 1. The van der Waals surface area contributed by atoms with Gasteiger partial charge in [0.2, 0.25) is 10.0 Å². The van der Waals surface area contributed by atoms with Crippen LogP contribution in [0, 0.1) is 12.8 Å². The molecule has 1 aliphatic heterocycles. The van der Waals surface area contributed by atoms with E-state index in [0.717, 1.165) is 0 Å². The van der Waals surface area contributed by atoms with Crippen LogP contribution in [0.5, 0.6) is 0 Å². The Hall–Kier alpha value is -1.19. The third kappa shape index (κ3) is 5.90. The number of carbonyl (C=O) groups excluding carboxylic acids is 1. The maximum absolute atomic E-state index is 13.0. The van der Waals surface area contributed by atoms with Gasteiger partial charge in [0.25, 0.3) is 5.91 Å². The van der Waals surface area contributed by atoms with Crippen LogP contribution in [0.4, 0.5) is 0 Å². The van der Waals surface area contributed by atoms with Gasteiger partial charge in [-0.3, -0.25) is 4.79 Å². The molecule has 1 aliphatic rings.